The van der Waals surface area contributed by atoms with Crippen LogP contribution in [0.1, 0.15) is 12.5 Å². The molecule has 100 valence electrons. The molecule has 1 aliphatic heterocycles. The molecule has 1 aliphatic rings. The van der Waals surface area contributed by atoms with Crippen molar-refractivity contribution < 1.29 is 0 Å². The quantitative estimate of drug-likeness (QED) is 0.713. The van der Waals surface area contributed by atoms with Crippen molar-refractivity contribution >= 4 is 16.7 Å². The summed E-state index contributed by atoms with van der Waals surface area (Å²) in [6, 6.07) is 17.2. The fraction of sp³-hybridized carbons (Fsp3) is 0.250. The third-order valence-electron chi connectivity index (χ3n) is 4.05. The van der Waals surface area contributed by atoms with Gasteiger partial charge >= 0.3 is 0 Å². The highest BCUT2D eigenvalue weighted by atomic mass is 15.5. The minimum absolute atomic E-state index is 0.496. The monoisotopic (exact) mass is 264 g/mol. The molecular formula is C16H16N4. The third kappa shape index (κ3) is 1.68. The fourth-order valence-electron chi connectivity index (χ4n) is 3.01. The van der Waals surface area contributed by atoms with Crippen molar-refractivity contribution in [1.82, 2.24) is 15.0 Å². The number of rotatable bonds is 2. The molecule has 0 saturated carbocycles. The largest absolute Gasteiger partial charge is 0.349 e. The van der Waals surface area contributed by atoms with E-state index in [1.54, 1.807) is 0 Å². The summed E-state index contributed by atoms with van der Waals surface area (Å²) in [5, 5.41) is 8.52. The molecule has 3 aromatic rings. The van der Waals surface area contributed by atoms with E-state index in [1.165, 1.54) is 11.3 Å². The Hall–Kier alpha value is -2.36. The molecule has 4 heteroatoms. The Kier molecular flexibility index (Phi) is 2.49. The number of nitrogens with zero attached hydrogens (tertiary/aromatic N) is 4. The first-order valence-electron chi connectivity index (χ1n) is 6.96. The average molecular weight is 264 g/mol. The van der Waals surface area contributed by atoms with Crippen LogP contribution in [0.15, 0.2) is 48.5 Å². The molecule has 0 N–H and O–H groups in total. The lowest BCUT2D eigenvalue weighted by molar-refractivity contribution is 0.536. The van der Waals surface area contributed by atoms with Crippen molar-refractivity contribution in [3.63, 3.8) is 0 Å². The van der Waals surface area contributed by atoms with E-state index < -0.39 is 0 Å². The van der Waals surface area contributed by atoms with Crippen molar-refractivity contribution in [2.75, 3.05) is 4.90 Å². The zero-order chi connectivity index (χ0) is 13.5. The Balaban J connectivity index is 1.72. The molecule has 0 fully saturated rings. The van der Waals surface area contributed by atoms with Crippen LogP contribution in [0, 0.1) is 0 Å². The molecule has 1 atom stereocenters. The zero-order valence-electron chi connectivity index (χ0n) is 11.4. The van der Waals surface area contributed by atoms with E-state index in [9.17, 15) is 0 Å². The standard InChI is InChI=1S/C16H16N4/c1-12-10-13-6-2-4-8-15(13)19(12)11-20-16-9-5-3-7-14(16)17-18-20/h2-9,12H,10-11H2,1H3. The predicted molar refractivity (Wildman–Crippen MR) is 79.6 cm³/mol. The highest BCUT2D eigenvalue weighted by Crippen LogP contribution is 2.32. The Morgan fingerprint density at radius 1 is 1.10 bits per heavy atom. The summed E-state index contributed by atoms with van der Waals surface area (Å²) < 4.78 is 1.98. The maximum absolute atomic E-state index is 4.29. The molecule has 0 bridgehead atoms. The second kappa shape index (κ2) is 4.34. The molecule has 0 spiro atoms. The lowest BCUT2D eigenvalue weighted by Gasteiger charge is -2.24. The minimum Gasteiger partial charge on any atom is -0.349 e. The molecule has 0 radical (unpaired) electrons. The lowest BCUT2D eigenvalue weighted by Crippen LogP contribution is -2.31. The summed E-state index contributed by atoms with van der Waals surface area (Å²) in [6.07, 6.45) is 1.10. The number of fused-ring (bicyclic) bond motifs is 2. The molecule has 2 heterocycles. The number of benzene rings is 2. The van der Waals surface area contributed by atoms with E-state index in [0.717, 1.165) is 24.1 Å². The Bertz CT molecular complexity index is 762. The molecule has 1 aromatic heterocycles. The van der Waals surface area contributed by atoms with Gasteiger partial charge in [-0.1, -0.05) is 35.5 Å². The molecule has 0 amide bonds. The predicted octanol–water partition coefficient (Wildman–Crippen LogP) is 2.84. The normalized spacial score (nSPS) is 17.6. The minimum atomic E-state index is 0.496. The van der Waals surface area contributed by atoms with Crippen LogP contribution in [0.25, 0.3) is 11.0 Å². The van der Waals surface area contributed by atoms with Crippen LogP contribution in [0.3, 0.4) is 0 Å². The van der Waals surface area contributed by atoms with Gasteiger partial charge in [0.2, 0.25) is 0 Å². The van der Waals surface area contributed by atoms with Crippen molar-refractivity contribution in [3.05, 3.63) is 54.1 Å². The third-order valence-corrected chi connectivity index (χ3v) is 4.05. The molecule has 2 aromatic carbocycles. The van der Waals surface area contributed by atoms with Gasteiger partial charge in [0, 0.05) is 11.7 Å². The van der Waals surface area contributed by atoms with Gasteiger partial charge < -0.3 is 4.90 Å². The average Bonchev–Trinajstić information content (AvgIpc) is 3.02. The van der Waals surface area contributed by atoms with Gasteiger partial charge in [-0.05, 0) is 37.1 Å². The topological polar surface area (TPSA) is 34.0 Å². The van der Waals surface area contributed by atoms with Gasteiger partial charge in [0.1, 0.15) is 12.2 Å². The van der Waals surface area contributed by atoms with Crippen LogP contribution >= 0.6 is 0 Å². The van der Waals surface area contributed by atoms with E-state index in [4.69, 9.17) is 0 Å². The molecule has 4 nitrogen and oxygen atoms in total. The van der Waals surface area contributed by atoms with Gasteiger partial charge in [-0.2, -0.15) is 0 Å². The summed E-state index contributed by atoms with van der Waals surface area (Å²) in [5.74, 6) is 0. The van der Waals surface area contributed by atoms with Gasteiger partial charge in [0.05, 0.1) is 5.52 Å². The van der Waals surface area contributed by atoms with Gasteiger partial charge in [0.15, 0.2) is 0 Å². The highest BCUT2D eigenvalue weighted by Gasteiger charge is 2.26. The van der Waals surface area contributed by atoms with Crippen molar-refractivity contribution in [1.29, 1.82) is 0 Å². The summed E-state index contributed by atoms with van der Waals surface area (Å²) in [5.41, 5.74) is 4.78. The van der Waals surface area contributed by atoms with E-state index in [-0.39, 0.29) is 0 Å². The van der Waals surface area contributed by atoms with Gasteiger partial charge in [0.25, 0.3) is 0 Å². The molecule has 4 rings (SSSR count). The molecule has 0 aliphatic carbocycles. The van der Waals surface area contributed by atoms with Crippen molar-refractivity contribution in [2.24, 2.45) is 0 Å². The second-order valence-corrected chi connectivity index (χ2v) is 5.37. The van der Waals surface area contributed by atoms with Crippen LogP contribution in [0.2, 0.25) is 0 Å². The first-order valence-corrected chi connectivity index (χ1v) is 6.96. The van der Waals surface area contributed by atoms with Crippen LogP contribution in [0.4, 0.5) is 5.69 Å². The summed E-state index contributed by atoms with van der Waals surface area (Å²) in [4.78, 5) is 2.40. The maximum Gasteiger partial charge on any atom is 0.114 e. The van der Waals surface area contributed by atoms with Gasteiger partial charge in [-0.15, -0.1) is 5.10 Å². The van der Waals surface area contributed by atoms with E-state index >= 15 is 0 Å². The van der Waals surface area contributed by atoms with Crippen LogP contribution in [-0.2, 0) is 13.1 Å². The number of anilines is 1. The van der Waals surface area contributed by atoms with E-state index in [1.807, 2.05) is 22.9 Å². The van der Waals surface area contributed by atoms with E-state index in [0.29, 0.717) is 6.04 Å². The maximum atomic E-state index is 4.29. The molecule has 20 heavy (non-hydrogen) atoms. The summed E-state index contributed by atoms with van der Waals surface area (Å²) >= 11 is 0. The summed E-state index contributed by atoms with van der Waals surface area (Å²) in [7, 11) is 0. The molecule has 1 unspecified atom stereocenters. The highest BCUT2D eigenvalue weighted by molar-refractivity contribution is 5.74. The fourth-order valence-corrected chi connectivity index (χ4v) is 3.01. The number of para-hydroxylation sites is 2. The first-order chi connectivity index (χ1) is 9.83. The SMILES string of the molecule is CC1Cc2ccccc2N1Cn1nnc2ccccc21. The van der Waals surface area contributed by atoms with Crippen LogP contribution in [0.5, 0.6) is 0 Å². The first kappa shape index (κ1) is 11.5. The number of hydrogen-bond acceptors (Lipinski definition) is 3. The second-order valence-electron chi connectivity index (χ2n) is 5.37. The lowest BCUT2D eigenvalue weighted by atomic mass is 10.1. The van der Waals surface area contributed by atoms with Gasteiger partial charge in [-0.3, -0.25) is 0 Å². The van der Waals surface area contributed by atoms with E-state index in [2.05, 4.69) is 52.5 Å². The Morgan fingerprint density at radius 2 is 1.90 bits per heavy atom. The molecular weight excluding hydrogens is 248 g/mol. The van der Waals surface area contributed by atoms with Gasteiger partial charge in [-0.25, -0.2) is 4.68 Å². The Labute approximate surface area is 117 Å². The van der Waals surface area contributed by atoms with Crippen LogP contribution < -0.4 is 4.90 Å². The smallest absolute Gasteiger partial charge is 0.114 e. The summed E-state index contributed by atoms with van der Waals surface area (Å²) in [6.45, 7) is 3.01. The number of hydrogen-bond donors (Lipinski definition) is 0. The van der Waals surface area contributed by atoms with Crippen LogP contribution in [-0.4, -0.2) is 21.0 Å². The zero-order valence-corrected chi connectivity index (χ0v) is 11.4. The number of aromatic nitrogens is 3. The van der Waals surface area contributed by atoms with Crippen molar-refractivity contribution in [3.8, 4) is 0 Å². The molecule has 0 saturated heterocycles. The Morgan fingerprint density at radius 3 is 2.85 bits per heavy atom. The van der Waals surface area contributed by atoms with Crippen molar-refractivity contribution in [2.45, 2.75) is 26.1 Å².